The number of phenolic OH excluding ortho intramolecular Hbond substituents is 1. The number of hydrogen-bond donors (Lipinski definition) is 1. The summed E-state index contributed by atoms with van der Waals surface area (Å²) in [4.78, 5) is 79.7. The number of nitro benzene ring substituents is 2. The van der Waals surface area contributed by atoms with Gasteiger partial charge >= 0.3 is 0 Å². The normalized spacial score (nSPS) is 26.2. The van der Waals surface area contributed by atoms with E-state index in [0.717, 1.165) is 15.4 Å². The molecule has 3 aromatic carbocycles. The molecule has 244 valence electrons. The number of halogens is 1. The number of allylic oxidation sites excluding steroid dienone is 2. The highest BCUT2D eigenvalue weighted by Gasteiger charge is 2.62. The molecule has 4 aliphatic rings. The number of carbonyl (C=O) groups excluding carboxylic acids is 4. The zero-order valence-electron chi connectivity index (χ0n) is 25.0. The van der Waals surface area contributed by atoms with E-state index in [1.54, 1.807) is 12.1 Å². The SMILES string of the molecule is COc1cc([C@H]2C3=CC[C@@H]4C(=O)N(c5ccc([N+](=O)[O-])cc5)C(=O)[C@@H]4[C@@H]3C[C@H]3C(=O)N(c4ccc([N+](=O)[O-])cc4)C(=O)[C@@H]23)cc(I)c1O. The van der Waals surface area contributed by atoms with Gasteiger partial charge in [0.1, 0.15) is 0 Å². The van der Waals surface area contributed by atoms with Crippen LogP contribution in [0.1, 0.15) is 24.3 Å². The van der Waals surface area contributed by atoms with Gasteiger partial charge in [-0.05, 0) is 83.3 Å². The molecule has 4 amide bonds. The van der Waals surface area contributed by atoms with Crippen LogP contribution in [0, 0.1) is 53.4 Å². The molecule has 1 saturated carbocycles. The van der Waals surface area contributed by atoms with Gasteiger partial charge in [-0.2, -0.15) is 0 Å². The molecule has 14 nitrogen and oxygen atoms in total. The number of carbonyl (C=O) groups is 4. The zero-order valence-corrected chi connectivity index (χ0v) is 27.2. The number of benzene rings is 3. The maximum atomic E-state index is 14.3. The van der Waals surface area contributed by atoms with Crippen molar-refractivity contribution in [3.05, 3.63) is 102 Å². The molecule has 0 radical (unpaired) electrons. The Morgan fingerprint density at radius 2 is 1.29 bits per heavy atom. The van der Waals surface area contributed by atoms with E-state index in [1.807, 2.05) is 28.7 Å². The number of methoxy groups -OCH3 is 1. The van der Waals surface area contributed by atoms with Crippen molar-refractivity contribution < 1.29 is 38.9 Å². The van der Waals surface area contributed by atoms with Crippen LogP contribution in [0.5, 0.6) is 11.5 Å². The van der Waals surface area contributed by atoms with Gasteiger partial charge in [-0.3, -0.25) is 49.2 Å². The van der Waals surface area contributed by atoms with E-state index in [2.05, 4.69) is 0 Å². The summed E-state index contributed by atoms with van der Waals surface area (Å²) in [6.07, 6.45) is 2.16. The lowest BCUT2D eigenvalue weighted by molar-refractivity contribution is -0.385. The lowest BCUT2D eigenvalue weighted by Crippen LogP contribution is -2.43. The van der Waals surface area contributed by atoms with Crippen LogP contribution >= 0.6 is 22.6 Å². The van der Waals surface area contributed by atoms with E-state index in [4.69, 9.17) is 4.74 Å². The lowest BCUT2D eigenvalue weighted by atomic mass is 9.57. The van der Waals surface area contributed by atoms with Crippen LogP contribution in [-0.2, 0) is 19.2 Å². The molecule has 1 N–H and O–H groups in total. The van der Waals surface area contributed by atoms with Gasteiger partial charge in [-0.25, -0.2) is 0 Å². The molecular weight excluding hydrogens is 739 g/mol. The molecule has 15 heteroatoms. The van der Waals surface area contributed by atoms with Gasteiger partial charge < -0.3 is 9.84 Å². The van der Waals surface area contributed by atoms with Gasteiger partial charge in [0.25, 0.3) is 11.4 Å². The Kier molecular flexibility index (Phi) is 7.53. The molecular formula is C33H25IN4O10. The average Bonchev–Trinajstić information content (AvgIpc) is 3.48. The second-order valence-corrected chi connectivity index (χ2v) is 13.3. The zero-order chi connectivity index (χ0) is 34.2. The Hall–Kier alpha value is -5.19. The fourth-order valence-electron chi connectivity index (χ4n) is 7.85. The third kappa shape index (κ3) is 4.66. The highest BCUT2D eigenvalue weighted by atomic mass is 127. The van der Waals surface area contributed by atoms with Gasteiger partial charge in [0.15, 0.2) is 11.5 Å². The number of aromatic hydroxyl groups is 1. The molecule has 0 unspecified atom stereocenters. The highest BCUT2D eigenvalue weighted by molar-refractivity contribution is 14.1. The van der Waals surface area contributed by atoms with E-state index in [9.17, 15) is 44.5 Å². The second-order valence-electron chi connectivity index (χ2n) is 12.1. The van der Waals surface area contributed by atoms with E-state index in [-0.39, 0.29) is 47.1 Å². The van der Waals surface area contributed by atoms with Crippen molar-refractivity contribution in [2.45, 2.75) is 18.8 Å². The maximum Gasteiger partial charge on any atom is 0.269 e. The summed E-state index contributed by atoms with van der Waals surface area (Å²) in [6.45, 7) is 0. The molecule has 3 fully saturated rings. The highest BCUT2D eigenvalue weighted by Crippen LogP contribution is 2.59. The molecule has 48 heavy (non-hydrogen) atoms. The minimum Gasteiger partial charge on any atom is -0.504 e. The predicted octanol–water partition coefficient (Wildman–Crippen LogP) is 4.87. The van der Waals surface area contributed by atoms with Crippen LogP contribution in [0.3, 0.4) is 0 Å². The summed E-state index contributed by atoms with van der Waals surface area (Å²) in [6, 6.07) is 13.6. The fraction of sp³-hybridized carbons (Fsp3) is 0.273. The number of anilines is 2. The van der Waals surface area contributed by atoms with Crippen molar-refractivity contribution in [1.82, 2.24) is 0 Å². The van der Waals surface area contributed by atoms with Crippen LogP contribution in [0.4, 0.5) is 22.7 Å². The predicted molar refractivity (Wildman–Crippen MR) is 176 cm³/mol. The fourth-order valence-corrected chi connectivity index (χ4v) is 8.47. The van der Waals surface area contributed by atoms with Crippen LogP contribution < -0.4 is 14.5 Å². The summed E-state index contributed by atoms with van der Waals surface area (Å²) in [7, 11) is 1.39. The number of amides is 4. The minimum atomic E-state index is -0.908. The number of hydrogen-bond acceptors (Lipinski definition) is 10. The first-order valence-electron chi connectivity index (χ1n) is 14.9. The Morgan fingerprint density at radius 3 is 1.81 bits per heavy atom. The molecule has 2 aliphatic heterocycles. The number of fused-ring (bicyclic) bond motifs is 4. The first-order chi connectivity index (χ1) is 22.9. The van der Waals surface area contributed by atoms with Crippen molar-refractivity contribution in [2.75, 3.05) is 16.9 Å². The Bertz CT molecular complexity index is 1980. The monoisotopic (exact) mass is 764 g/mol. The minimum absolute atomic E-state index is 0.0971. The molecule has 6 atom stereocenters. The molecule has 0 spiro atoms. The number of imide groups is 2. The number of non-ortho nitro benzene ring substituents is 2. The van der Waals surface area contributed by atoms with Gasteiger partial charge in [0.05, 0.1) is 55.6 Å². The van der Waals surface area contributed by atoms with Crippen molar-refractivity contribution in [2.24, 2.45) is 29.6 Å². The van der Waals surface area contributed by atoms with Crippen molar-refractivity contribution in [3.8, 4) is 11.5 Å². The number of rotatable bonds is 6. The van der Waals surface area contributed by atoms with Crippen molar-refractivity contribution in [3.63, 3.8) is 0 Å². The van der Waals surface area contributed by atoms with Gasteiger partial charge in [0.2, 0.25) is 23.6 Å². The molecule has 2 heterocycles. The smallest absolute Gasteiger partial charge is 0.269 e. The summed E-state index contributed by atoms with van der Waals surface area (Å²) in [5, 5.41) is 33.1. The molecule has 0 aromatic heterocycles. The topological polar surface area (TPSA) is 190 Å². The molecule has 3 aromatic rings. The third-order valence-electron chi connectivity index (χ3n) is 9.92. The van der Waals surface area contributed by atoms with Gasteiger partial charge in [0, 0.05) is 30.2 Å². The number of ether oxygens (including phenoxy) is 1. The van der Waals surface area contributed by atoms with E-state index in [0.29, 0.717) is 9.13 Å². The van der Waals surface area contributed by atoms with E-state index >= 15 is 0 Å². The Labute approximate surface area is 285 Å². The van der Waals surface area contributed by atoms with Crippen LogP contribution in [0.2, 0.25) is 0 Å². The second kappa shape index (κ2) is 11.5. The average molecular weight is 764 g/mol. The first-order valence-corrected chi connectivity index (χ1v) is 16.0. The van der Waals surface area contributed by atoms with E-state index < -0.39 is 69.0 Å². The summed E-state index contributed by atoms with van der Waals surface area (Å²) < 4.78 is 5.86. The van der Waals surface area contributed by atoms with Crippen LogP contribution in [0.15, 0.2) is 72.3 Å². The molecule has 2 saturated heterocycles. The summed E-state index contributed by atoms with van der Waals surface area (Å²) >= 11 is 1.95. The van der Waals surface area contributed by atoms with Crippen LogP contribution in [-0.4, -0.2) is 45.7 Å². The van der Waals surface area contributed by atoms with Crippen LogP contribution in [0.25, 0.3) is 0 Å². The lowest BCUT2D eigenvalue weighted by Gasteiger charge is -2.44. The Morgan fingerprint density at radius 1 is 0.771 bits per heavy atom. The molecule has 2 aliphatic carbocycles. The number of nitrogens with zero attached hydrogens (tertiary/aromatic N) is 4. The third-order valence-corrected chi connectivity index (χ3v) is 10.7. The van der Waals surface area contributed by atoms with E-state index in [1.165, 1.54) is 55.6 Å². The molecule has 7 rings (SSSR count). The van der Waals surface area contributed by atoms with Crippen molar-refractivity contribution >= 4 is 69.0 Å². The molecule has 0 bridgehead atoms. The van der Waals surface area contributed by atoms with Gasteiger partial charge in [-0.15, -0.1) is 0 Å². The van der Waals surface area contributed by atoms with Crippen molar-refractivity contribution in [1.29, 1.82) is 0 Å². The Balaban J connectivity index is 1.33. The standard InChI is InChI=1S/C33H25IN4O10/c1-48-25-13-15(12-24(34)29(25)39)26-20-10-11-21-27(32(42)35(30(21)40)16-2-6-18(7-3-16)37(44)45)22(20)14-23-28(26)33(43)36(31(23)41)17-4-8-19(9-5-17)38(46)47/h2-10,12-13,21-23,26-28,39H,11,14H2,1H3/t21-,22+,23+,26-,27-,28+/m0/s1. The largest absolute Gasteiger partial charge is 0.504 e. The summed E-state index contributed by atoms with van der Waals surface area (Å²) in [5.74, 6) is -6.65. The summed E-state index contributed by atoms with van der Waals surface area (Å²) in [5.41, 5.74) is 1.28. The maximum absolute atomic E-state index is 14.3. The quantitative estimate of drug-likeness (QED) is 0.119. The number of nitro groups is 2. The van der Waals surface area contributed by atoms with Gasteiger partial charge in [-0.1, -0.05) is 11.6 Å². The number of phenols is 1. The first kappa shape index (κ1) is 31.4.